The molecule has 1 unspecified atom stereocenters. The molecule has 0 saturated heterocycles. The van der Waals surface area contributed by atoms with Crippen LogP contribution in [0.5, 0.6) is 0 Å². The van der Waals surface area contributed by atoms with Crippen LogP contribution < -0.4 is 16.8 Å². The highest BCUT2D eigenvalue weighted by Crippen LogP contribution is 2.19. The molecule has 6 nitrogen and oxygen atoms in total. The molecule has 1 aromatic rings. The summed E-state index contributed by atoms with van der Waals surface area (Å²) in [6.07, 6.45) is 0.910. The third-order valence-electron chi connectivity index (χ3n) is 2.34. The van der Waals surface area contributed by atoms with Crippen LogP contribution in [0.1, 0.15) is 37.7 Å². The van der Waals surface area contributed by atoms with E-state index in [1.54, 1.807) is 6.07 Å². The lowest BCUT2D eigenvalue weighted by molar-refractivity contribution is 0.0994. The molecule has 0 radical (unpaired) electrons. The molecular formula is C12H21N5O. The first-order chi connectivity index (χ1) is 8.28. The number of carbonyl (C=O) groups is 1. The number of nitrogens with two attached hydrogens (primary N) is 2. The second kappa shape index (κ2) is 5.77. The van der Waals surface area contributed by atoms with Crippen LogP contribution >= 0.6 is 0 Å². The van der Waals surface area contributed by atoms with Crippen molar-refractivity contribution >= 4 is 11.7 Å². The lowest BCUT2D eigenvalue weighted by Crippen LogP contribution is -2.33. The Morgan fingerprint density at radius 3 is 2.50 bits per heavy atom. The standard InChI is InChI=1S/C12H21N5O/c1-12(2,3)6-8(13)7-15-10-5-4-9(11(14)18)16-17-10/h4-5,8H,6-7,13H2,1-3H3,(H2,14,18)(H,15,17). The summed E-state index contributed by atoms with van der Waals surface area (Å²) in [5.41, 5.74) is 11.4. The summed E-state index contributed by atoms with van der Waals surface area (Å²) >= 11 is 0. The molecule has 0 aliphatic carbocycles. The van der Waals surface area contributed by atoms with E-state index < -0.39 is 5.91 Å². The molecule has 0 aliphatic heterocycles. The van der Waals surface area contributed by atoms with Gasteiger partial charge in [-0.1, -0.05) is 20.8 Å². The van der Waals surface area contributed by atoms with Crippen molar-refractivity contribution in [1.29, 1.82) is 0 Å². The minimum Gasteiger partial charge on any atom is -0.367 e. The van der Waals surface area contributed by atoms with E-state index in [-0.39, 0.29) is 17.2 Å². The van der Waals surface area contributed by atoms with Gasteiger partial charge in [-0.3, -0.25) is 4.79 Å². The van der Waals surface area contributed by atoms with Crippen LogP contribution in [0.25, 0.3) is 0 Å². The van der Waals surface area contributed by atoms with Gasteiger partial charge in [-0.15, -0.1) is 10.2 Å². The Balaban J connectivity index is 2.46. The van der Waals surface area contributed by atoms with Gasteiger partial charge in [0.05, 0.1) is 0 Å². The summed E-state index contributed by atoms with van der Waals surface area (Å²) in [7, 11) is 0. The lowest BCUT2D eigenvalue weighted by Gasteiger charge is -2.23. The summed E-state index contributed by atoms with van der Waals surface area (Å²) in [4.78, 5) is 10.8. The summed E-state index contributed by atoms with van der Waals surface area (Å²) in [5, 5.41) is 10.6. The molecule has 100 valence electrons. The second-order valence-electron chi connectivity index (χ2n) is 5.57. The van der Waals surface area contributed by atoms with Gasteiger partial charge in [0.15, 0.2) is 5.69 Å². The fourth-order valence-electron chi connectivity index (χ4n) is 1.65. The highest BCUT2D eigenvalue weighted by molar-refractivity contribution is 5.90. The summed E-state index contributed by atoms with van der Waals surface area (Å²) < 4.78 is 0. The van der Waals surface area contributed by atoms with Crippen molar-refractivity contribution in [2.45, 2.75) is 33.2 Å². The van der Waals surface area contributed by atoms with E-state index in [1.165, 1.54) is 6.07 Å². The maximum atomic E-state index is 10.8. The molecule has 0 saturated carbocycles. The molecule has 0 spiro atoms. The molecular weight excluding hydrogens is 230 g/mol. The third kappa shape index (κ3) is 5.09. The molecule has 0 fully saturated rings. The first-order valence-corrected chi connectivity index (χ1v) is 5.91. The van der Waals surface area contributed by atoms with Gasteiger partial charge in [0.1, 0.15) is 5.82 Å². The van der Waals surface area contributed by atoms with E-state index in [2.05, 4.69) is 36.3 Å². The molecule has 0 bridgehead atoms. The van der Waals surface area contributed by atoms with E-state index in [1.807, 2.05) is 0 Å². The van der Waals surface area contributed by atoms with E-state index >= 15 is 0 Å². The second-order valence-corrected chi connectivity index (χ2v) is 5.57. The molecule has 1 rings (SSSR count). The molecule has 6 heteroatoms. The van der Waals surface area contributed by atoms with Gasteiger partial charge in [0, 0.05) is 12.6 Å². The Kier molecular flexibility index (Phi) is 4.61. The zero-order chi connectivity index (χ0) is 13.8. The van der Waals surface area contributed by atoms with Crippen molar-refractivity contribution in [3.63, 3.8) is 0 Å². The molecule has 18 heavy (non-hydrogen) atoms. The van der Waals surface area contributed by atoms with E-state index in [9.17, 15) is 4.79 Å². The maximum absolute atomic E-state index is 10.8. The number of carbonyl (C=O) groups excluding carboxylic acids is 1. The highest BCUT2D eigenvalue weighted by atomic mass is 16.1. The third-order valence-corrected chi connectivity index (χ3v) is 2.34. The Bertz CT molecular complexity index is 396. The average molecular weight is 251 g/mol. The fourth-order valence-corrected chi connectivity index (χ4v) is 1.65. The quantitative estimate of drug-likeness (QED) is 0.716. The lowest BCUT2D eigenvalue weighted by atomic mass is 9.88. The van der Waals surface area contributed by atoms with Gasteiger partial charge < -0.3 is 16.8 Å². The molecule has 5 N–H and O–H groups in total. The minimum absolute atomic E-state index is 0.0441. The van der Waals surface area contributed by atoms with Crippen LogP contribution in [-0.4, -0.2) is 28.7 Å². The minimum atomic E-state index is -0.585. The molecule has 1 aromatic heterocycles. The van der Waals surface area contributed by atoms with Crippen LogP contribution in [-0.2, 0) is 0 Å². The molecule has 0 aliphatic rings. The van der Waals surface area contributed by atoms with Gasteiger partial charge in [0.25, 0.3) is 5.91 Å². The predicted molar refractivity (Wildman–Crippen MR) is 71.1 cm³/mol. The number of rotatable bonds is 5. The van der Waals surface area contributed by atoms with Gasteiger partial charge >= 0.3 is 0 Å². The number of nitrogens with one attached hydrogen (secondary N) is 1. The smallest absolute Gasteiger partial charge is 0.269 e. The van der Waals surface area contributed by atoms with E-state index in [0.717, 1.165) is 6.42 Å². The summed E-state index contributed by atoms with van der Waals surface area (Å²) in [6.45, 7) is 7.05. The van der Waals surface area contributed by atoms with E-state index in [0.29, 0.717) is 12.4 Å². The van der Waals surface area contributed by atoms with Crippen molar-refractivity contribution in [2.24, 2.45) is 16.9 Å². The predicted octanol–water partition coefficient (Wildman–Crippen LogP) is 0.751. The van der Waals surface area contributed by atoms with Crippen molar-refractivity contribution in [1.82, 2.24) is 10.2 Å². The van der Waals surface area contributed by atoms with Crippen LogP contribution in [0.15, 0.2) is 12.1 Å². The number of hydrogen-bond donors (Lipinski definition) is 3. The maximum Gasteiger partial charge on any atom is 0.269 e. The Hall–Kier alpha value is -1.69. The number of aromatic nitrogens is 2. The van der Waals surface area contributed by atoms with E-state index in [4.69, 9.17) is 11.5 Å². The Morgan fingerprint density at radius 1 is 1.39 bits per heavy atom. The molecule has 1 amide bonds. The van der Waals surface area contributed by atoms with Crippen LogP contribution in [0, 0.1) is 5.41 Å². The topological polar surface area (TPSA) is 107 Å². The van der Waals surface area contributed by atoms with Crippen molar-refractivity contribution in [2.75, 3.05) is 11.9 Å². The molecule has 1 heterocycles. The van der Waals surface area contributed by atoms with Gasteiger partial charge in [0.2, 0.25) is 0 Å². The first kappa shape index (κ1) is 14.4. The first-order valence-electron chi connectivity index (χ1n) is 5.91. The molecule has 0 aromatic carbocycles. The van der Waals surface area contributed by atoms with Crippen LogP contribution in [0.3, 0.4) is 0 Å². The van der Waals surface area contributed by atoms with Crippen LogP contribution in [0.2, 0.25) is 0 Å². The van der Waals surface area contributed by atoms with Crippen molar-refractivity contribution < 1.29 is 4.79 Å². The SMILES string of the molecule is CC(C)(C)CC(N)CNc1ccc(C(N)=O)nn1. The Morgan fingerprint density at radius 2 is 2.06 bits per heavy atom. The highest BCUT2D eigenvalue weighted by Gasteiger charge is 2.15. The number of amides is 1. The van der Waals surface area contributed by atoms with Gasteiger partial charge in [-0.05, 0) is 24.0 Å². The van der Waals surface area contributed by atoms with Crippen molar-refractivity contribution in [3.05, 3.63) is 17.8 Å². The number of primary amides is 1. The monoisotopic (exact) mass is 251 g/mol. The zero-order valence-corrected chi connectivity index (χ0v) is 11.1. The zero-order valence-electron chi connectivity index (χ0n) is 11.1. The number of anilines is 1. The van der Waals surface area contributed by atoms with Gasteiger partial charge in [-0.2, -0.15) is 0 Å². The van der Waals surface area contributed by atoms with Crippen LogP contribution in [0.4, 0.5) is 5.82 Å². The summed E-state index contributed by atoms with van der Waals surface area (Å²) in [6, 6.07) is 3.24. The average Bonchev–Trinajstić information content (AvgIpc) is 2.24. The number of hydrogen-bond acceptors (Lipinski definition) is 5. The number of nitrogens with zero attached hydrogens (tertiary/aromatic N) is 2. The summed E-state index contributed by atoms with van der Waals surface area (Å²) in [5.74, 6) is 0.00263. The molecule has 1 atom stereocenters. The van der Waals surface area contributed by atoms with Crippen molar-refractivity contribution in [3.8, 4) is 0 Å². The fraction of sp³-hybridized carbons (Fsp3) is 0.583. The largest absolute Gasteiger partial charge is 0.367 e. The normalized spacial score (nSPS) is 13.1. The Labute approximate surface area is 107 Å². The van der Waals surface area contributed by atoms with Gasteiger partial charge in [-0.25, -0.2) is 0 Å².